The fraction of sp³-hybridized carbons (Fsp3) is 0.348. The van der Waals surface area contributed by atoms with Crippen LogP contribution in [0.1, 0.15) is 27.9 Å². The summed E-state index contributed by atoms with van der Waals surface area (Å²) in [6.45, 7) is 3.70. The summed E-state index contributed by atoms with van der Waals surface area (Å²) in [5.41, 5.74) is 3.14. The van der Waals surface area contributed by atoms with E-state index in [1.807, 2.05) is 19.9 Å². The zero-order chi connectivity index (χ0) is 21.8. The Hall–Kier alpha value is -3.35. The highest BCUT2D eigenvalue weighted by atomic mass is 16.5. The van der Waals surface area contributed by atoms with E-state index in [0.717, 1.165) is 11.1 Å². The second-order valence-corrected chi connectivity index (χ2v) is 7.27. The Balaban J connectivity index is 1.64. The van der Waals surface area contributed by atoms with Gasteiger partial charge in [0, 0.05) is 24.6 Å². The SMILES string of the molecule is COc1ccc(N2C[C@H](C(=O)OCC(=O)c3ccc(C)c(C)c3)CC2=O)c(OC)c1. The van der Waals surface area contributed by atoms with Crippen LogP contribution in [0, 0.1) is 19.8 Å². The third-order valence-corrected chi connectivity index (χ3v) is 5.31. The number of Topliss-reactive ketones (excluding diaryl/α,β-unsaturated/α-hetero) is 1. The van der Waals surface area contributed by atoms with E-state index in [2.05, 4.69) is 0 Å². The first kappa shape index (κ1) is 21.4. The molecule has 1 aliphatic heterocycles. The number of hydrogen-bond acceptors (Lipinski definition) is 6. The van der Waals surface area contributed by atoms with E-state index < -0.39 is 11.9 Å². The number of carbonyl (C=O) groups is 3. The first-order valence-corrected chi connectivity index (χ1v) is 9.63. The fourth-order valence-electron chi connectivity index (χ4n) is 3.36. The molecule has 30 heavy (non-hydrogen) atoms. The van der Waals surface area contributed by atoms with Gasteiger partial charge in [-0.25, -0.2) is 0 Å². The molecule has 2 aromatic carbocycles. The lowest BCUT2D eigenvalue weighted by atomic mass is 10.0. The van der Waals surface area contributed by atoms with Crippen LogP contribution in [-0.2, 0) is 14.3 Å². The van der Waals surface area contributed by atoms with Crippen molar-refractivity contribution in [3.8, 4) is 11.5 Å². The van der Waals surface area contributed by atoms with Crippen LogP contribution >= 0.6 is 0 Å². The van der Waals surface area contributed by atoms with Crippen LogP contribution in [-0.4, -0.2) is 45.0 Å². The van der Waals surface area contributed by atoms with Gasteiger partial charge in [0.1, 0.15) is 11.5 Å². The minimum absolute atomic E-state index is 0.0197. The molecule has 0 bridgehead atoms. The quantitative estimate of drug-likeness (QED) is 0.514. The number of nitrogens with zero attached hydrogens (tertiary/aromatic N) is 1. The summed E-state index contributed by atoms with van der Waals surface area (Å²) in [7, 11) is 3.05. The van der Waals surface area contributed by atoms with Crippen molar-refractivity contribution in [2.24, 2.45) is 5.92 Å². The molecule has 7 heteroatoms. The van der Waals surface area contributed by atoms with E-state index in [9.17, 15) is 14.4 Å². The highest BCUT2D eigenvalue weighted by molar-refractivity contribution is 6.01. The van der Waals surface area contributed by atoms with Crippen molar-refractivity contribution in [3.05, 3.63) is 53.1 Å². The normalized spacial score (nSPS) is 15.8. The molecule has 0 aromatic heterocycles. The first-order valence-electron chi connectivity index (χ1n) is 9.63. The maximum absolute atomic E-state index is 12.5. The number of amides is 1. The highest BCUT2D eigenvalue weighted by Crippen LogP contribution is 2.36. The van der Waals surface area contributed by atoms with Gasteiger partial charge in [0.05, 0.1) is 25.8 Å². The number of anilines is 1. The number of ketones is 1. The molecule has 1 atom stereocenters. The van der Waals surface area contributed by atoms with Crippen LogP contribution in [0.5, 0.6) is 11.5 Å². The van der Waals surface area contributed by atoms with Crippen molar-refractivity contribution < 1.29 is 28.6 Å². The summed E-state index contributed by atoms with van der Waals surface area (Å²) in [6.07, 6.45) is 0.0197. The average molecular weight is 411 g/mol. The number of ether oxygens (including phenoxy) is 3. The van der Waals surface area contributed by atoms with Gasteiger partial charge in [0.25, 0.3) is 0 Å². The number of hydrogen-bond donors (Lipinski definition) is 0. The van der Waals surface area contributed by atoms with E-state index in [4.69, 9.17) is 14.2 Å². The first-order chi connectivity index (χ1) is 14.3. The van der Waals surface area contributed by atoms with Crippen LogP contribution in [0.4, 0.5) is 5.69 Å². The van der Waals surface area contributed by atoms with Crippen molar-refractivity contribution in [2.45, 2.75) is 20.3 Å². The Morgan fingerprint density at radius 2 is 1.80 bits per heavy atom. The molecule has 2 aromatic rings. The highest BCUT2D eigenvalue weighted by Gasteiger charge is 2.37. The van der Waals surface area contributed by atoms with E-state index in [1.54, 1.807) is 37.4 Å². The minimum Gasteiger partial charge on any atom is -0.497 e. The zero-order valence-electron chi connectivity index (χ0n) is 17.6. The summed E-state index contributed by atoms with van der Waals surface area (Å²) >= 11 is 0. The van der Waals surface area contributed by atoms with Gasteiger partial charge in [-0.2, -0.15) is 0 Å². The lowest BCUT2D eigenvalue weighted by molar-refractivity contribution is -0.147. The van der Waals surface area contributed by atoms with Crippen LogP contribution < -0.4 is 14.4 Å². The Bertz CT molecular complexity index is 984. The second-order valence-electron chi connectivity index (χ2n) is 7.27. The standard InChI is InChI=1S/C23H25NO6/c1-14-5-6-16(9-15(14)2)20(25)13-30-23(27)17-10-22(26)24(12-17)19-8-7-18(28-3)11-21(19)29-4/h5-9,11,17H,10,12-13H2,1-4H3/t17-/m1/s1. The molecule has 158 valence electrons. The molecule has 3 rings (SSSR count). The molecular weight excluding hydrogens is 386 g/mol. The van der Waals surface area contributed by atoms with Crippen molar-refractivity contribution in [3.63, 3.8) is 0 Å². The average Bonchev–Trinajstić information content (AvgIpc) is 3.14. The Kier molecular flexibility index (Phi) is 6.40. The van der Waals surface area contributed by atoms with Crippen molar-refractivity contribution in [1.82, 2.24) is 0 Å². The number of methoxy groups -OCH3 is 2. The maximum atomic E-state index is 12.5. The zero-order valence-corrected chi connectivity index (χ0v) is 17.6. The molecule has 0 spiro atoms. The Labute approximate surface area is 175 Å². The van der Waals surface area contributed by atoms with Gasteiger partial charge in [0.2, 0.25) is 5.91 Å². The van der Waals surface area contributed by atoms with Gasteiger partial charge in [0.15, 0.2) is 12.4 Å². The largest absolute Gasteiger partial charge is 0.497 e. The summed E-state index contributed by atoms with van der Waals surface area (Å²) in [5.74, 6) is -0.609. The van der Waals surface area contributed by atoms with Crippen LogP contribution in [0.15, 0.2) is 36.4 Å². The molecule has 0 aliphatic carbocycles. The maximum Gasteiger partial charge on any atom is 0.311 e. The van der Waals surface area contributed by atoms with Gasteiger partial charge in [-0.15, -0.1) is 0 Å². The van der Waals surface area contributed by atoms with Crippen molar-refractivity contribution in [1.29, 1.82) is 0 Å². The number of aryl methyl sites for hydroxylation is 2. The molecule has 1 saturated heterocycles. The topological polar surface area (TPSA) is 82.1 Å². The van der Waals surface area contributed by atoms with E-state index in [-0.39, 0.29) is 31.3 Å². The number of carbonyl (C=O) groups excluding carboxylic acids is 3. The molecule has 1 amide bonds. The molecule has 0 unspecified atom stereocenters. The molecular formula is C23H25NO6. The number of esters is 1. The third kappa shape index (κ3) is 4.45. The van der Waals surface area contributed by atoms with Crippen molar-refractivity contribution in [2.75, 3.05) is 32.3 Å². The van der Waals surface area contributed by atoms with Gasteiger partial charge < -0.3 is 19.1 Å². The second kappa shape index (κ2) is 8.98. The van der Waals surface area contributed by atoms with Gasteiger partial charge >= 0.3 is 5.97 Å². The molecule has 7 nitrogen and oxygen atoms in total. The van der Waals surface area contributed by atoms with E-state index in [0.29, 0.717) is 22.7 Å². The summed E-state index contributed by atoms with van der Waals surface area (Å²) < 4.78 is 15.8. The fourth-order valence-corrected chi connectivity index (χ4v) is 3.36. The lowest BCUT2D eigenvalue weighted by Crippen LogP contribution is -2.27. The predicted molar refractivity (Wildman–Crippen MR) is 111 cm³/mol. The molecule has 1 heterocycles. The molecule has 0 saturated carbocycles. The van der Waals surface area contributed by atoms with Gasteiger partial charge in [-0.3, -0.25) is 14.4 Å². The van der Waals surface area contributed by atoms with Gasteiger partial charge in [-0.1, -0.05) is 12.1 Å². The molecule has 0 N–H and O–H groups in total. The van der Waals surface area contributed by atoms with Crippen LogP contribution in [0.2, 0.25) is 0 Å². The Morgan fingerprint density at radius 1 is 1.03 bits per heavy atom. The summed E-state index contributed by atoms with van der Waals surface area (Å²) in [4.78, 5) is 38.8. The van der Waals surface area contributed by atoms with Crippen LogP contribution in [0.25, 0.3) is 0 Å². The van der Waals surface area contributed by atoms with Gasteiger partial charge in [-0.05, 0) is 43.2 Å². The smallest absolute Gasteiger partial charge is 0.311 e. The molecule has 1 aliphatic rings. The predicted octanol–water partition coefficient (Wildman–Crippen LogP) is 3.10. The lowest BCUT2D eigenvalue weighted by Gasteiger charge is -2.20. The van der Waals surface area contributed by atoms with Crippen molar-refractivity contribution >= 4 is 23.3 Å². The third-order valence-electron chi connectivity index (χ3n) is 5.31. The number of rotatable bonds is 7. The van der Waals surface area contributed by atoms with Crippen LogP contribution in [0.3, 0.4) is 0 Å². The monoisotopic (exact) mass is 411 g/mol. The van der Waals surface area contributed by atoms with E-state index >= 15 is 0 Å². The summed E-state index contributed by atoms with van der Waals surface area (Å²) in [5, 5.41) is 0. The number of benzene rings is 2. The molecule has 0 radical (unpaired) electrons. The van der Waals surface area contributed by atoms with E-state index in [1.165, 1.54) is 12.0 Å². The molecule has 1 fully saturated rings. The minimum atomic E-state index is -0.642. The summed E-state index contributed by atoms with van der Waals surface area (Å²) in [6, 6.07) is 10.5. The Morgan fingerprint density at radius 3 is 2.47 bits per heavy atom.